The van der Waals surface area contributed by atoms with Crippen molar-refractivity contribution in [3.05, 3.63) is 35.5 Å². The maximum atomic E-state index is 14.3. The molecular formula is C29H41N5O3. The van der Waals surface area contributed by atoms with E-state index in [-0.39, 0.29) is 47.7 Å². The normalized spacial score (nSPS) is 25.8. The zero-order valence-electron chi connectivity index (χ0n) is 22.5. The molecule has 0 radical (unpaired) electrons. The van der Waals surface area contributed by atoms with Crippen LogP contribution in [0.4, 0.5) is 0 Å². The fourth-order valence-electron chi connectivity index (χ4n) is 6.99. The Morgan fingerprint density at radius 3 is 2.54 bits per heavy atom. The molecule has 0 bridgehead atoms. The molecule has 3 aliphatic rings. The lowest BCUT2D eigenvalue weighted by Gasteiger charge is -2.36. The summed E-state index contributed by atoms with van der Waals surface area (Å²) in [5, 5.41) is 7.28. The van der Waals surface area contributed by atoms with E-state index < -0.39 is 6.04 Å². The number of H-pyrrole nitrogens is 1. The van der Waals surface area contributed by atoms with Gasteiger partial charge in [0.2, 0.25) is 17.7 Å². The SMILES string of the molecule is CN[C@@H](C)C(=O)N[C@H](C(=O)N1CC[C@@H]2[C@H]1[C@@H](c1c[nH]c3cc(C)ccc13)CN2C(C)=O)C1CCCCC1. The van der Waals surface area contributed by atoms with Gasteiger partial charge in [-0.15, -0.1) is 0 Å². The van der Waals surface area contributed by atoms with Gasteiger partial charge in [0.15, 0.2) is 0 Å². The molecule has 5 rings (SSSR count). The fraction of sp³-hybridized carbons (Fsp3) is 0.621. The largest absolute Gasteiger partial charge is 0.361 e. The molecule has 3 amide bonds. The lowest BCUT2D eigenvalue weighted by molar-refractivity contribution is -0.140. The summed E-state index contributed by atoms with van der Waals surface area (Å²) in [6.45, 7) is 6.74. The van der Waals surface area contributed by atoms with E-state index >= 15 is 0 Å². The van der Waals surface area contributed by atoms with Gasteiger partial charge in [-0.05, 0) is 63.3 Å². The third-order valence-electron chi connectivity index (χ3n) is 9.09. The molecule has 3 fully saturated rings. The van der Waals surface area contributed by atoms with Gasteiger partial charge in [0.05, 0.1) is 18.1 Å². The molecule has 2 saturated heterocycles. The number of hydrogen-bond acceptors (Lipinski definition) is 4. The van der Waals surface area contributed by atoms with Crippen molar-refractivity contribution in [2.75, 3.05) is 20.1 Å². The molecule has 200 valence electrons. The number of benzene rings is 1. The number of carbonyl (C=O) groups is 3. The first-order chi connectivity index (χ1) is 17.8. The van der Waals surface area contributed by atoms with Crippen LogP contribution < -0.4 is 10.6 Å². The number of carbonyl (C=O) groups excluding carboxylic acids is 3. The molecule has 3 N–H and O–H groups in total. The maximum absolute atomic E-state index is 14.3. The van der Waals surface area contributed by atoms with Gasteiger partial charge < -0.3 is 25.4 Å². The lowest BCUT2D eigenvalue weighted by Crippen LogP contribution is -2.57. The molecule has 2 aromatic rings. The Bertz CT molecular complexity index is 1170. The van der Waals surface area contributed by atoms with E-state index in [9.17, 15) is 14.4 Å². The average Bonchev–Trinajstić information content (AvgIpc) is 3.60. The van der Waals surface area contributed by atoms with Gasteiger partial charge >= 0.3 is 0 Å². The smallest absolute Gasteiger partial charge is 0.245 e. The number of likely N-dealkylation sites (tertiary alicyclic amines) is 2. The van der Waals surface area contributed by atoms with E-state index in [1.54, 1.807) is 14.0 Å². The van der Waals surface area contributed by atoms with Crippen molar-refractivity contribution in [2.45, 2.75) is 89.4 Å². The predicted molar refractivity (Wildman–Crippen MR) is 144 cm³/mol. The second-order valence-electron chi connectivity index (χ2n) is 11.3. The highest BCUT2D eigenvalue weighted by Crippen LogP contribution is 2.44. The van der Waals surface area contributed by atoms with Gasteiger partial charge in [-0.25, -0.2) is 0 Å². The Morgan fingerprint density at radius 2 is 1.84 bits per heavy atom. The van der Waals surface area contributed by atoms with Crippen LogP contribution in [0.1, 0.15) is 69.4 Å². The number of aryl methyl sites for hydroxylation is 1. The molecule has 1 aromatic carbocycles. The number of nitrogens with zero attached hydrogens (tertiary/aromatic N) is 2. The van der Waals surface area contributed by atoms with Gasteiger partial charge in [0.25, 0.3) is 0 Å². The summed E-state index contributed by atoms with van der Waals surface area (Å²) in [4.78, 5) is 47.3. The van der Waals surface area contributed by atoms with E-state index in [0.29, 0.717) is 13.1 Å². The zero-order valence-corrected chi connectivity index (χ0v) is 22.5. The minimum atomic E-state index is -0.528. The van der Waals surface area contributed by atoms with Crippen molar-refractivity contribution in [2.24, 2.45) is 5.92 Å². The van der Waals surface area contributed by atoms with Gasteiger partial charge in [0, 0.05) is 43.0 Å². The molecule has 0 spiro atoms. The second-order valence-corrected chi connectivity index (χ2v) is 11.3. The Hall–Kier alpha value is -2.87. The monoisotopic (exact) mass is 507 g/mol. The van der Waals surface area contributed by atoms with Crippen LogP contribution in [0, 0.1) is 12.8 Å². The Kier molecular flexibility index (Phi) is 7.30. The molecule has 1 aliphatic carbocycles. The van der Waals surface area contributed by atoms with Crippen LogP contribution in [0.25, 0.3) is 10.9 Å². The van der Waals surface area contributed by atoms with E-state index in [1.807, 2.05) is 16.7 Å². The zero-order chi connectivity index (χ0) is 26.3. The van der Waals surface area contributed by atoms with Crippen molar-refractivity contribution in [1.82, 2.24) is 25.4 Å². The van der Waals surface area contributed by atoms with E-state index in [1.165, 1.54) is 12.0 Å². The third kappa shape index (κ3) is 4.76. The second kappa shape index (κ2) is 10.5. The number of nitrogens with one attached hydrogen (secondary N) is 3. The summed E-state index contributed by atoms with van der Waals surface area (Å²) in [5.74, 6) is 0.107. The number of aromatic nitrogens is 1. The number of rotatable bonds is 6. The van der Waals surface area contributed by atoms with Crippen molar-refractivity contribution >= 4 is 28.6 Å². The molecule has 3 heterocycles. The number of fused-ring (bicyclic) bond motifs is 2. The van der Waals surface area contributed by atoms with Crippen LogP contribution in [0.3, 0.4) is 0 Å². The first kappa shape index (κ1) is 25.8. The number of aromatic amines is 1. The van der Waals surface area contributed by atoms with Crippen molar-refractivity contribution in [1.29, 1.82) is 0 Å². The number of amides is 3. The lowest BCUT2D eigenvalue weighted by atomic mass is 9.82. The Balaban J connectivity index is 1.48. The Labute approximate surface area is 219 Å². The van der Waals surface area contributed by atoms with Crippen molar-refractivity contribution in [3.8, 4) is 0 Å². The first-order valence-electron chi connectivity index (χ1n) is 13.9. The minimum Gasteiger partial charge on any atom is -0.361 e. The summed E-state index contributed by atoms with van der Waals surface area (Å²) in [6.07, 6.45) is 8.11. The van der Waals surface area contributed by atoms with Crippen molar-refractivity contribution in [3.63, 3.8) is 0 Å². The molecule has 8 nitrogen and oxygen atoms in total. The minimum absolute atomic E-state index is 0.000729. The van der Waals surface area contributed by atoms with Gasteiger partial charge in [-0.3, -0.25) is 14.4 Å². The number of likely N-dealkylation sites (N-methyl/N-ethyl adjacent to an activating group) is 1. The van der Waals surface area contributed by atoms with Crippen LogP contribution in [-0.2, 0) is 14.4 Å². The summed E-state index contributed by atoms with van der Waals surface area (Å²) in [5.41, 5.74) is 3.43. The van der Waals surface area contributed by atoms with Crippen LogP contribution in [0.15, 0.2) is 24.4 Å². The van der Waals surface area contributed by atoms with Crippen LogP contribution in [-0.4, -0.2) is 76.8 Å². The maximum Gasteiger partial charge on any atom is 0.245 e. The Morgan fingerprint density at radius 1 is 1.08 bits per heavy atom. The van der Waals surface area contributed by atoms with Gasteiger partial charge in [0.1, 0.15) is 6.04 Å². The molecule has 0 unspecified atom stereocenters. The highest BCUT2D eigenvalue weighted by atomic mass is 16.2. The van der Waals surface area contributed by atoms with Crippen LogP contribution in [0.5, 0.6) is 0 Å². The molecule has 37 heavy (non-hydrogen) atoms. The number of hydrogen-bond donors (Lipinski definition) is 3. The standard InChI is InChI=1S/C29H41N5O3/c1-17-10-11-21-22(15-31-24(21)14-17)23-16-34(19(3)35)25-12-13-33(27(23)25)29(37)26(20-8-6-5-7-9-20)32-28(36)18(2)30-4/h10-11,14-15,18,20,23,25-27,30-31H,5-9,12-13,16H2,1-4H3,(H,32,36)/t18-,23+,25+,26-,27+/m0/s1. The summed E-state index contributed by atoms with van der Waals surface area (Å²) < 4.78 is 0. The van der Waals surface area contributed by atoms with Crippen LogP contribution in [0.2, 0.25) is 0 Å². The quantitative estimate of drug-likeness (QED) is 0.560. The van der Waals surface area contributed by atoms with Crippen LogP contribution >= 0.6 is 0 Å². The molecule has 1 saturated carbocycles. The van der Waals surface area contributed by atoms with Gasteiger partial charge in [-0.2, -0.15) is 0 Å². The highest BCUT2D eigenvalue weighted by Gasteiger charge is 2.53. The summed E-state index contributed by atoms with van der Waals surface area (Å²) in [6, 6.07) is 5.41. The van der Waals surface area contributed by atoms with E-state index in [4.69, 9.17) is 0 Å². The van der Waals surface area contributed by atoms with E-state index in [0.717, 1.165) is 48.6 Å². The molecule has 2 aliphatic heterocycles. The van der Waals surface area contributed by atoms with Crippen molar-refractivity contribution < 1.29 is 14.4 Å². The fourth-order valence-corrected chi connectivity index (χ4v) is 6.99. The topological polar surface area (TPSA) is 97.5 Å². The van der Waals surface area contributed by atoms with E-state index in [2.05, 4.69) is 46.9 Å². The predicted octanol–water partition coefficient (Wildman–Crippen LogP) is 3.06. The molecule has 1 aromatic heterocycles. The summed E-state index contributed by atoms with van der Waals surface area (Å²) in [7, 11) is 1.76. The molecule has 5 atom stereocenters. The van der Waals surface area contributed by atoms with Gasteiger partial charge in [-0.1, -0.05) is 31.4 Å². The summed E-state index contributed by atoms with van der Waals surface area (Å²) >= 11 is 0. The molecule has 8 heteroatoms. The average molecular weight is 508 g/mol. The molecular weight excluding hydrogens is 466 g/mol. The highest BCUT2D eigenvalue weighted by molar-refractivity contribution is 5.91. The first-order valence-corrected chi connectivity index (χ1v) is 13.9. The third-order valence-corrected chi connectivity index (χ3v) is 9.09.